The first-order valence-corrected chi connectivity index (χ1v) is 6.83. The second kappa shape index (κ2) is 6.31. The van der Waals surface area contributed by atoms with Crippen molar-refractivity contribution >= 4 is 29.0 Å². The number of carboxylic acid groups (broad SMARTS) is 1. The van der Waals surface area contributed by atoms with Gasteiger partial charge in [0.05, 0.1) is 28.5 Å². The summed E-state index contributed by atoms with van der Waals surface area (Å²) in [7, 11) is 0. The molecule has 1 aromatic heterocycles. The Morgan fingerprint density at radius 1 is 1.43 bits per heavy atom. The van der Waals surface area contributed by atoms with Gasteiger partial charge in [0.2, 0.25) is 0 Å². The van der Waals surface area contributed by atoms with E-state index in [1.807, 2.05) is 6.92 Å². The first kappa shape index (κ1) is 14.9. The molecule has 2 aromatic rings. The van der Waals surface area contributed by atoms with Crippen molar-refractivity contribution in [3.8, 4) is 0 Å². The summed E-state index contributed by atoms with van der Waals surface area (Å²) >= 11 is 1.45. The number of rotatable bonds is 4. The molecule has 6 nitrogen and oxygen atoms in total. The van der Waals surface area contributed by atoms with E-state index >= 15 is 0 Å². The molecule has 0 radical (unpaired) electrons. The Morgan fingerprint density at radius 2 is 2.19 bits per heavy atom. The van der Waals surface area contributed by atoms with Gasteiger partial charge in [-0.2, -0.15) is 0 Å². The summed E-state index contributed by atoms with van der Waals surface area (Å²) in [6.07, 6.45) is 0. The van der Waals surface area contributed by atoms with Gasteiger partial charge in [0, 0.05) is 5.38 Å². The lowest BCUT2D eigenvalue weighted by atomic mass is 10.1. The number of hydrogen-bond acceptors (Lipinski definition) is 4. The van der Waals surface area contributed by atoms with Crippen molar-refractivity contribution in [1.82, 2.24) is 10.3 Å². The Labute approximate surface area is 123 Å². The molecule has 21 heavy (non-hydrogen) atoms. The highest BCUT2D eigenvalue weighted by atomic mass is 32.1. The molecule has 0 aliphatic heterocycles. The van der Waals surface area contributed by atoms with Gasteiger partial charge in [-0.15, -0.1) is 11.3 Å². The van der Waals surface area contributed by atoms with Crippen molar-refractivity contribution in [2.24, 2.45) is 0 Å². The van der Waals surface area contributed by atoms with Gasteiger partial charge in [0.15, 0.2) is 0 Å². The second-order valence-corrected chi connectivity index (χ2v) is 5.20. The van der Waals surface area contributed by atoms with Crippen LogP contribution in [0.25, 0.3) is 0 Å². The number of amides is 2. The molecule has 8 heteroatoms. The predicted molar refractivity (Wildman–Crippen MR) is 76.1 cm³/mol. The average Bonchev–Trinajstić information content (AvgIpc) is 2.84. The van der Waals surface area contributed by atoms with Gasteiger partial charge in [-0.1, -0.05) is 6.07 Å². The number of carbonyl (C=O) groups is 2. The van der Waals surface area contributed by atoms with E-state index in [0.29, 0.717) is 5.69 Å². The normalized spacial score (nSPS) is 10.2. The maximum atomic E-state index is 13.6. The number of anilines is 1. The molecular weight excluding hydrogens is 297 g/mol. The van der Waals surface area contributed by atoms with Gasteiger partial charge in [-0.3, -0.25) is 0 Å². The zero-order valence-corrected chi connectivity index (χ0v) is 11.8. The maximum absolute atomic E-state index is 13.6. The second-order valence-electron chi connectivity index (χ2n) is 4.13. The van der Waals surface area contributed by atoms with Crippen molar-refractivity contribution in [2.45, 2.75) is 13.5 Å². The van der Waals surface area contributed by atoms with Crippen LogP contribution >= 0.6 is 11.3 Å². The summed E-state index contributed by atoms with van der Waals surface area (Å²) in [4.78, 5) is 26.9. The van der Waals surface area contributed by atoms with Gasteiger partial charge >= 0.3 is 12.0 Å². The van der Waals surface area contributed by atoms with Crippen molar-refractivity contribution < 1.29 is 19.1 Å². The fourth-order valence-electron chi connectivity index (χ4n) is 1.65. The summed E-state index contributed by atoms with van der Waals surface area (Å²) < 4.78 is 13.6. The van der Waals surface area contributed by atoms with E-state index in [-0.39, 0.29) is 17.8 Å². The van der Waals surface area contributed by atoms with Crippen molar-refractivity contribution in [3.05, 3.63) is 45.7 Å². The Balaban J connectivity index is 2.04. The highest BCUT2D eigenvalue weighted by molar-refractivity contribution is 7.09. The number of nitrogens with zero attached hydrogens (tertiary/aromatic N) is 1. The number of carboxylic acids is 1. The number of hydrogen-bond donors (Lipinski definition) is 3. The monoisotopic (exact) mass is 309 g/mol. The number of halogens is 1. The van der Waals surface area contributed by atoms with E-state index < -0.39 is 17.8 Å². The Morgan fingerprint density at radius 3 is 2.81 bits per heavy atom. The first-order chi connectivity index (χ1) is 9.97. The number of urea groups is 1. The topological polar surface area (TPSA) is 91.3 Å². The number of nitrogens with one attached hydrogen (secondary N) is 2. The fraction of sp³-hybridized carbons (Fsp3) is 0.154. The zero-order chi connectivity index (χ0) is 15.4. The van der Waals surface area contributed by atoms with E-state index in [1.165, 1.54) is 23.5 Å². The van der Waals surface area contributed by atoms with E-state index in [4.69, 9.17) is 5.11 Å². The van der Waals surface area contributed by atoms with E-state index in [1.54, 1.807) is 5.38 Å². The van der Waals surface area contributed by atoms with Crippen LogP contribution in [-0.2, 0) is 6.54 Å². The lowest BCUT2D eigenvalue weighted by molar-refractivity contribution is 0.0697. The summed E-state index contributed by atoms with van der Waals surface area (Å²) in [6, 6.07) is 2.85. The number of para-hydroxylation sites is 1. The fourth-order valence-corrected chi connectivity index (χ4v) is 2.26. The molecule has 0 unspecified atom stereocenters. The standard InChI is InChI=1S/C13H12FN3O3S/c1-7-16-8(6-21-7)5-15-13(20)17-11-9(12(18)19)3-2-4-10(11)14/h2-4,6H,5H2,1H3,(H,18,19)(H2,15,17,20). The molecule has 0 saturated carbocycles. The smallest absolute Gasteiger partial charge is 0.337 e. The largest absolute Gasteiger partial charge is 0.478 e. The zero-order valence-electron chi connectivity index (χ0n) is 11.0. The summed E-state index contributed by atoms with van der Waals surface area (Å²) in [6.45, 7) is 2.01. The lowest BCUT2D eigenvalue weighted by Crippen LogP contribution is -2.29. The van der Waals surface area contributed by atoms with Gasteiger partial charge in [0.25, 0.3) is 0 Å². The minimum atomic E-state index is -1.32. The molecule has 110 valence electrons. The Hall–Kier alpha value is -2.48. The highest BCUT2D eigenvalue weighted by Crippen LogP contribution is 2.19. The van der Waals surface area contributed by atoms with Crippen LogP contribution in [0.3, 0.4) is 0 Å². The highest BCUT2D eigenvalue weighted by Gasteiger charge is 2.16. The third-order valence-corrected chi connectivity index (χ3v) is 3.40. The number of aromatic carboxylic acids is 1. The molecule has 0 aliphatic carbocycles. The molecule has 0 bridgehead atoms. The van der Waals surface area contributed by atoms with Gasteiger partial charge < -0.3 is 15.7 Å². The van der Waals surface area contributed by atoms with Crippen LogP contribution in [0.4, 0.5) is 14.9 Å². The van der Waals surface area contributed by atoms with Crippen LogP contribution in [0.2, 0.25) is 0 Å². The quantitative estimate of drug-likeness (QED) is 0.809. The molecule has 1 heterocycles. The minimum Gasteiger partial charge on any atom is -0.478 e. The van der Waals surface area contributed by atoms with Gasteiger partial charge in [0.1, 0.15) is 5.82 Å². The van der Waals surface area contributed by atoms with Crippen molar-refractivity contribution in [3.63, 3.8) is 0 Å². The summed E-state index contributed by atoms with van der Waals surface area (Å²) in [5.41, 5.74) is 0.00579. The van der Waals surface area contributed by atoms with Crippen LogP contribution in [0.1, 0.15) is 21.1 Å². The number of thiazole rings is 1. The molecule has 0 atom stereocenters. The van der Waals surface area contributed by atoms with Crippen LogP contribution < -0.4 is 10.6 Å². The summed E-state index contributed by atoms with van der Waals surface area (Å²) in [5, 5.41) is 16.3. The predicted octanol–water partition coefficient (Wildman–Crippen LogP) is 2.61. The minimum absolute atomic E-state index is 0.174. The van der Waals surface area contributed by atoms with Gasteiger partial charge in [-0.25, -0.2) is 19.0 Å². The third kappa shape index (κ3) is 3.76. The first-order valence-electron chi connectivity index (χ1n) is 5.95. The molecular formula is C13H12FN3O3S. The van der Waals surface area contributed by atoms with E-state index in [9.17, 15) is 14.0 Å². The maximum Gasteiger partial charge on any atom is 0.337 e. The third-order valence-electron chi connectivity index (χ3n) is 2.58. The van der Waals surface area contributed by atoms with Crippen LogP contribution in [0, 0.1) is 12.7 Å². The molecule has 0 saturated heterocycles. The Kier molecular flexibility index (Phi) is 4.49. The van der Waals surface area contributed by atoms with Crippen molar-refractivity contribution in [1.29, 1.82) is 0 Å². The molecule has 3 N–H and O–H groups in total. The van der Waals surface area contributed by atoms with Crippen LogP contribution in [0.15, 0.2) is 23.6 Å². The van der Waals surface area contributed by atoms with Crippen LogP contribution in [-0.4, -0.2) is 22.1 Å². The summed E-state index contributed by atoms with van der Waals surface area (Å²) in [5.74, 6) is -2.13. The van der Waals surface area contributed by atoms with Gasteiger partial charge in [-0.05, 0) is 19.1 Å². The van der Waals surface area contributed by atoms with Crippen LogP contribution in [0.5, 0.6) is 0 Å². The molecule has 2 rings (SSSR count). The van der Waals surface area contributed by atoms with Crippen molar-refractivity contribution in [2.75, 3.05) is 5.32 Å². The number of carbonyl (C=O) groups excluding carboxylic acids is 1. The number of aromatic nitrogens is 1. The number of benzene rings is 1. The molecule has 0 fully saturated rings. The molecule has 1 aromatic carbocycles. The lowest BCUT2D eigenvalue weighted by Gasteiger charge is -2.10. The molecule has 0 aliphatic rings. The Bertz CT molecular complexity index is 687. The SMILES string of the molecule is Cc1nc(CNC(=O)Nc2c(F)cccc2C(=O)O)cs1. The molecule has 0 spiro atoms. The van der Waals surface area contributed by atoms with E-state index in [0.717, 1.165) is 11.1 Å². The molecule has 2 amide bonds. The van der Waals surface area contributed by atoms with E-state index in [2.05, 4.69) is 15.6 Å². The average molecular weight is 309 g/mol. The number of aryl methyl sites for hydroxylation is 1.